The normalized spacial score (nSPS) is 13.1. The van der Waals surface area contributed by atoms with Crippen LogP contribution in [0.5, 0.6) is 11.5 Å². The second-order valence-corrected chi connectivity index (χ2v) is 4.67. The highest BCUT2D eigenvalue weighted by atomic mass is 16.7. The number of hydrogen-bond donors (Lipinski definition) is 0. The van der Waals surface area contributed by atoms with Crippen molar-refractivity contribution in [1.82, 2.24) is 9.38 Å². The Morgan fingerprint density at radius 2 is 1.95 bits per heavy atom. The topological polar surface area (TPSA) is 35.8 Å². The first-order valence-corrected chi connectivity index (χ1v) is 6.15. The van der Waals surface area contributed by atoms with Crippen LogP contribution in [0, 0.1) is 6.92 Å². The zero-order chi connectivity index (χ0) is 12.8. The zero-order valence-electron chi connectivity index (χ0n) is 10.5. The molecular formula is C15H12N2O2. The molecule has 94 valence electrons. The largest absolute Gasteiger partial charge is 0.454 e. The van der Waals surface area contributed by atoms with Gasteiger partial charge in [-0.2, -0.15) is 0 Å². The van der Waals surface area contributed by atoms with Gasteiger partial charge in [0.1, 0.15) is 5.65 Å². The van der Waals surface area contributed by atoms with Crippen LogP contribution in [-0.2, 0) is 0 Å². The van der Waals surface area contributed by atoms with Crippen LogP contribution in [0.1, 0.15) is 5.56 Å². The third-order valence-corrected chi connectivity index (χ3v) is 3.27. The Morgan fingerprint density at radius 3 is 2.89 bits per heavy atom. The summed E-state index contributed by atoms with van der Waals surface area (Å²) < 4.78 is 12.8. The van der Waals surface area contributed by atoms with Crippen molar-refractivity contribution in [3.05, 3.63) is 48.3 Å². The SMILES string of the molecule is Cc1ccc2nc(-c3ccc4c(c3)OCO4)cn2c1. The summed E-state index contributed by atoms with van der Waals surface area (Å²) in [6.07, 6.45) is 4.10. The van der Waals surface area contributed by atoms with Crippen LogP contribution >= 0.6 is 0 Å². The second-order valence-electron chi connectivity index (χ2n) is 4.67. The zero-order valence-corrected chi connectivity index (χ0v) is 10.5. The van der Waals surface area contributed by atoms with Gasteiger partial charge in [0, 0.05) is 18.0 Å². The summed E-state index contributed by atoms with van der Waals surface area (Å²) in [6, 6.07) is 9.98. The molecule has 0 N–H and O–H groups in total. The van der Waals surface area contributed by atoms with E-state index >= 15 is 0 Å². The first kappa shape index (κ1) is 10.4. The number of hydrogen-bond acceptors (Lipinski definition) is 3. The van der Waals surface area contributed by atoms with Crippen molar-refractivity contribution in [1.29, 1.82) is 0 Å². The maximum absolute atomic E-state index is 5.40. The minimum Gasteiger partial charge on any atom is -0.454 e. The maximum Gasteiger partial charge on any atom is 0.231 e. The first-order chi connectivity index (χ1) is 9.29. The predicted octanol–water partition coefficient (Wildman–Crippen LogP) is 3.04. The number of ether oxygens (including phenoxy) is 2. The van der Waals surface area contributed by atoms with E-state index in [1.54, 1.807) is 0 Å². The highest BCUT2D eigenvalue weighted by Gasteiger charge is 2.14. The maximum atomic E-state index is 5.40. The lowest BCUT2D eigenvalue weighted by Gasteiger charge is -1.98. The Hall–Kier alpha value is -2.49. The van der Waals surface area contributed by atoms with E-state index in [4.69, 9.17) is 9.47 Å². The van der Waals surface area contributed by atoms with Crippen molar-refractivity contribution in [2.24, 2.45) is 0 Å². The minimum absolute atomic E-state index is 0.295. The van der Waals surface area contributed by atoms with Gasteiger partial charge < -0.3 is 13.9 Å². The van der Waals surface area contributed by atoms with Gasteiger partial charge in [-0.1, -0.05) is 6.07 Å². The molecule has 1 aliphatic rings. The number of fused-ring (bicyclic) bond motifs is 2. The smallest absolute Gasteiger partial charge is 0.231 e. The molecule has 0 amide bonds. The molecule has 1 aliphatic heterocycles. The first-order valence-electron chi connectivity index (χ1n) is 6.15. The number of rotatable bonds is 1. The third kappa shape index (κ3) is 1.64. The van der Waals surface area contributed by atoms with Gasteiger partial charge in [0.25, 0.3) is 0 Å². The molecule has 0 atom stereocenters. The summed E-state index contributed by atoms with van der Waals surface area (Å²) in [5.41, 5.74) is 4.12. The number of aryl methyl sites for hydroxylation is 1. The van der Waals surface area contributed by atoms with Gasteiger partial charge in [0.2, 0.25) is 6.79 Å². The quantitative estimate of drug-likeness (QED) is 0.667. The lowest BCUT2D eigenvalue weighted by Crippen LogP contribution is -1.92. The van der Waals surface area contributed by atoms with Gasteiger partial charge in [-0.3, -0.25) is 0 Å². The van der Waals surface area contributed by atoms with Crippen molar-refractivity contribution in [2.75, 3.05) is 6.79 Å². The van der Waals surface area contributed by atoms with Gasteiger partial charge >= 0.3 is 0 Å². The fourth-order valence-electron chi connectivity index (χ4n) is 2.30. The molecule has 3 heterocycles. The fraction of sp³-hybridized carbons (Fsp3) is 0.133. The van der Waals surface area contributed by atoms with Crippen LogP contribution in [0.3, 0.4) is 0 Å². The molecule has 2 aromatic heterocycles. The summed E-state index contributed by atoms with van der Waals surface area (Å²) in [6.45, 7) is 2.36. The fourth-order valence-corrected chi connectivity index (χ4v) is 2.30. The Kier molecular flexibility index (Phi) is 2.06. The summed E-state index contributed by atoms with van der Waals surface area (Å²) >= 11 is 0. The molecule has 0 saturated carbocycles. The van der Waals surface area contributed by atoms with Gasteiger partial charge in [0.15, 0.2) is 11.5 Å². The standard InChI is InChI=1S/C15H12N2O2/c1-10-2-5-15-16-12(8-17(15)7-10)11-3-4-13-14(6-11)19-9-18-13/h2-8H,9H2,1H3. The van der Waals surface area contributed by atoms with Crippen molar-refractivity contribution >= 4 is 5.65 Å². The Labute approximate surface area is 110 Å². The summed E-state index contributed by atoms with van der Waals surface area (Å²) in [7, 11) is 0. The summed E-state index contributed by atoms with van der Waals surface area (Å²) in [5, 5.41) is 0. The van der Waals surface area contributed by atoms with Crippen molar-refractivity contribution < 1.29 is 9.47 Å². The molecule has 0 saturated heterocycles. The van der Waals surface area contributed by atoms with Crippen LogP contribution in [0.2, 0.25) is 0 Å². The van der Waals surface area contributed by atoms with Gasteiger partial charge in [-0.05, 0) is 36.8 Å². The molecule has 0 bridgehead atoms. The Bertz CT molecular complexity index is 777. The predicted molar refractivity (Wildman–Crippen MR) is 71.5 cm³/mol. The number of aromatic nitrogens is 2. The third-order valence-electron chi connectivity index (χ3n) is 3.27. The van der Waals surface area contributed by atoms with Crippen LogP contribution < -0.4 is 9.47 Å². The van der Waals surface area contributed by atoms with Crippen LogP contribution in [0.15, 0.2) is 42.7 Å². The monoisotopic (exact) mass is 252 g/mol. The molecule has 3 aromatic rings. The van der Waals surface area contributed by atoms with E-state index in [-0.39, 0.29) is 0 Å². The van der Waals surface area contributed by atoms with E-state index < -0.39 is 0 Å². The molecule has 0 unspecified atom stereocenters. The van der Waals surface area contributed by atoms with Crippen LogP contribution in [0.25, 0.3) is 16.9 Å². The van der Waals surface area contributed by atoms with Crippen molar-refractivity contribution in [3.8, 4) is 22.8 Å². The number of nitrogens with zero attached hydrogens (tertiary/aromatic N) is 2. The number of benzene rings is 1. The van der Waals surface area contributed by atoms with E-state index in [1.165, 1.54) is 5.56 Å². The molecule has 1 aromatic carbocycles. The van der Waals surface area contributed by atoms with E-state index in [0.29, 0.717) is 6.79 Å². The van der Waals surface area contributed by atoms with Crippen LogP contribution in [-0.4, -0.2) is 16.2 Å². The average molecular weight is 252 g/mol. The molecule has 4 nitrogen and oxygen atoms in total. The number of pyridine rings is 1. The molecule has 0 fully saturated rings. The summed E-state index contributed by atoms with van der Waals surface area (Å²) in [4.78, 5) is 4.62. The molecular weight excluding hydrogens is 240 g/mol. The highest BCUT2D eigenvalue weighted by Crippen LogP contribution is 2.35. The lowest BCUT2D eigenvalue weighted by molar-refractivity contribution is 0.174. The van der Waals surface area contributed by atoms with Gasteiger partial charge in [-0.25, -0.2) is 4.98 Å². The van der Waals surface area contributed by atoms with Gasteiger partial charge in [-0.15, -0.1) is 0 Å². The lowest BCUT2D eigenvalue weighted by atomic mass is 10.1. The van der Waals surface area contributed by atoms with Gasteiger partial charge in [0.05, 0.1) is 5.69 Å². The molecule has 0 spiro atoms. The van der Waals surface area contributed by atoms with Crippen molar-refractivity contribution in [2.45, 2.75) is 6.92 Å². The van der Waals surface area contributed by atoms with E-state index in [2.05, 4.69) is 24.2 Å². The van der Waals surface area contributed by atoms with E-state index in [9.17, 15) is 0 Å². The van der Waals surface area contributed by atoms with Crippen molar-refractivity contribution in [3.63, 3.8) is 0 Å². The van der Waals surface area contributed by atoms with E-state index in [0.717, 1.165) is 28.4 Å². The summed E-state index contributed by atoms with van der Waals surface area (Å²) in [5.74, 6) is 1.58. The molecule has 4 heteroatoms. The van der Waals surface area contributed by atoms with Crippen LogP contribution in [0.4, 0.5) is 0 Å². The number of imidazole rings is 1. The molecule has 4 rings (SSSR count). The molecule has 0 aliphatic carbocycles. The Morgan fingerprint density at radius 1 is 1.05 bits per heavy atom. The second kappa shape index (κ2) is 3.75. The minimum atomic E-state index is 0.295. The highest BCUT2D eigenvalue weighted by molar-refractivity contribution is 5.66. The molecule has 19 heavy (non-hydrogen) atoms. The average Bonchev–Trinajstić information content (AvgIpc) is 3.02. The van der Waals surface area contributed by atoms with E-state index in [1.807, 2.05) is 34.9 Å². The molecule has 0 radical (unpaired) electrons. The Balaban J connectivity index is 1.85.